The summed E-state index contributed by atoms with van der Waals surface area (Å²) in [6, 6.07) is 18.0. The van der Waals surface area contributed by atoms with Gasteiger partial charge in [0, 0.05) is 22.5 Å². The second-order valence-corrected chi connectivity index (χ2v) is 7.48. The minimum absolute atomic E-state index is 0.383. The molecule has 148 valence electrons. The number of benzene rings is 2. The van der Waals surface area contributed by atoms with E-state index in [9.17, 15) is 4.79 Å². The van der Waals surface area contributed by atoms with Gasteiger partial charge in [0.2, 0.25) is 0 Å². The first-order valence-corrected chi connectivity index (χ1v) is 10.2. The van der Waals surface area contributed by atoms with E-state index in [1.807, 2.05) is 36.4 Å². The van der Waals surface area contributed by atoms with E-state index in [0.717, 1.165) is 21.9 Å². The summed E-state index contributed by atoms with van der Waals surface area (Å²) in [6.45, 7) is 1.78. The van der Waals surface area contributed by atoms with Crippen molar-refractivity contribution in [3.63, 3.8) is 0 Å². The maximum Gasteiger partial charge on any atom is 0.365 e. The van der Waals surface area contributed by atoms with Crippen molar-refractivity contribution in [3.05, 3.63) is 88.6 Å². The maximum absolute atomic E-state index is 12.1. The van der Waals surface area contributed by atoms with Gasteiger partial charge in [0.05, 0.1) is 23.4 Å². The van der Waals surface area contributed by atoms with Crippen LogP contribution in [-0.2, 0) is 10.6 Å². The first-order valence-electron chi connectivity index (χ1n) is 8.79. The molecule has 0 N–H and O–H groups in total. The number of nitrogens with zero attached hydrogens (tertiary/aromatic N) is 2. The molecule has 0 amide bonds. The van der Waals surface area contributed by atoms with E-state index in [2.05, 4.69) is 10.1 Å². The van der Waals surface area contributed by atoms with E-state index in [1.165, 1.54) is 0 Å². The van der Waals surface area contributed by atoms with Gasteiger partial charge in [0.25, 0.3) is 0 Å². The lowest BCUT2D eigenvalue weighted by molar-refractivity contribution is 0.0516. The third-order valence-electron chi connectivity index (χ3n) is 4.06. The van der Waals surface area contributed by atoms with Crippen LogP contribution < -0.4 is 4.74 Å². The number of pyridine rings is 1. The molecule has 0 fully saturated rings. The van der Waals surface area contributed by atoms with Crippen molar-refractivity contribution in [2.24, 2.45) is 5.16 Å². The van der Waals surface area contributed by atoms with Gasteiger partial charge in [0.1, 0.15) is 5.75 Å². The molecular weight excluding hydrogens is 408 g/mol. The van der Waals surface area contributed by atoms with E-state index in [4.69, 9.17) is 21.2 Å². The minimum atomic E-state index is -0.541. The molecule has 2 aromatic carbocycles. The molecule has 29 heavy (non-hydrogen) atoms. The monoisotopic (exact) mass is 426 g/mol. The largest absolute Gasteiger partial charge is 0.496 e. The van der Waals surface area contributed by atoms with Crippen LogP contribution in [0, 0.1) is 0 Å². The Morgan fingerprint density at radius 1 is 1.10 bits per heavy atom. The van der Waals surface area contributed by atoms with Crippen molar-refractivity contribution in [3.8, 4) is 5.75 Å². The third kappa shape index (κ3) is 5.82. The Morgan fingerprint density at radius 2 is 1.86 bits per heavy atom. The van der Waals surface area contributed by atoms with Crippen molar-refractivity contribution in [2.75, 3.05) is 7.11 Å². The van der Waals surface area contributed by atoms with Crippen LogP contribution in [0.4, 0.5) is 0 Å². The number of oxime groups is 1. The van der Waals surface area contributed by atoms with E-state index >= 15 is 0 Å². The number of methoxy groups -OCH3 is 1. The van der Waals surface area contributed by atoms with E-state index in [0.29, 0.717) is 22.1 Å². The van der Waals surface area contributed by atoms with Crippen LogP contribution >= 0.6 is 23.4 Å². The van der Waals surface area contributed by atoms with Crippen LogP contribution in [0.5, 0.6) is 5.75 Å². The Balaban J connectivity index is 1.72. The van der Waals surface area contributed by atoms with E-state index in [1.54, 1.807) is 56.3 Å². The zero-order valence-corrected chi connectivity index (χ0v) is 17.5. The number of thioether (sulfide) groups is 1. The zero-order valence-electron chi connectivity index (χ0n) is 16.0. The van der Waals surface area contributed by atoms with Gasteiger partial charge < -0.3 is 9.57 Å². The van der Waals surface area contributed by atoms with Gasteiger partial charge in [-0.25, -0.2) is 9.78 Å². The van der Waals surface area contributed by atoms with Gasteiger partial charge in [0.15, 0.2) is 0 Å². The molecule has 0 radical (unpaired) electrons. The highest BCUT2D eigenvalue weighted by Crippen LogP contribution is 2.28. The topological polar surface area (TPSA) is 60.8 Å². The summed E-state index contributed by atoms with van der Waals surface area (Å²) in [4.78, 5) is 21.5. The summed E-state index contributed by atoms with van der Waals surface area (Å²) in [5, 5.41) is 5.47. The molecule has 3 rings (SSSR count). The van der Waals surface area contributed by atoms with Crippen LogP contribution in [0.25, 0.3) is 0 Å². The number of rotatable bonds is 7. The predicted octanol–water partition coefficient (Wildman–Crippen LogP) is 5.62. The number of carbonyl (C=O) groups is 1. The Bertz CT molecular complexity index is 1010. The van der Waals surface area contributed by atoms with Crippen molar-refractivity contribution in [1.82, 2.24) is 4.98 Å². The lowest BCUT2D eigenvalue weighted by Gasteiger charge is -2.10. The van der Waals surface area contributed by atoms with Crippen LogP contribution in [0.2, 0.25) is 5.02 Å². The first kappa shape index (κ1) is 20.9. The summed E-state index contributed by atoms with van der Waals surface area (Å²) >= 11 is 7.45. The highest BCUT2D eigenvalue weighted by Gasteiger charge is 2.10. The Morgan fingerprint density at radius 3 is 2.55 bits per heavy atom. The zero-order chi connectivity index (χ0) is 20.6. The lowest BCUT2D eigenvalue weighted by atomic mass is 10.1. The van der Waals surface area contributed by atoms with Crippen LogP contribution in [-0.4, -0.2) is 23.8 Å². The number of halogens is 1. The number of hydrogen-bond donors (Lipinski definition) is 0. The summed E-state index contributed by atoms with van der Waals surface area (Å²) in [7, 11) is 1.64. The SMILES string of the molecule is COc1ccc(C(C)=NOC(=O)c2ccc(Cl)cc2)cc1CSc1ccccn1. The highest BCUT2D eigenvalue weighted by atomic mass is 35.5. The number of carbonyl (C=O) groups excluding carboxylic acids is 1. The Labute approximate surface area is 178 Å². The van der Waals surface area contributed by atoms with E-state index in [-0.39, 0.29) is 0 Å². The molecule has 1 aromatic heterocycles. The van der Waals surface area contributed by atoms with Crippen molar-refractivity contribution >= 4 is 35.0 Å². The lowest BCUT2D eigenvalue weighted by Crippen LogP contribution is -2.04. The van der Waals surface area contributed by atoms with Gasteiger partial charge in [-0.3, -0.25) is 0 Å². The Hall–Kier alpha value is -2.83. The third-order valence-corrected chi connectivity index (χ3v) is 5.30. The van der Waals surface area contributed by atoms with Crippen LogP contribution in [0.1, 0.15) is 28.4 Å². The maximum atomic E-state index is 12.1. The number of hydrogen-bond acceptors (Lipinski definition) is 6. The van der Waals surface area contributed by atoms with Gasteiger partial charge in [-0.05, 0) is 67.1 Å². The molecule has 0 aliphatic heterocycles. The van der Waals surface area contributed by atoms with Crippen molar-refractivity contribution < 1.29 is 14.4 Å². The average molecular weight is 427 g/mol. The average Bonchev–Trinajstić information content (AvgIpc) is 2.76. The molecular formula is C22H19ClN2O3S. The molecule has 3 aromatic rings. The number of aromatic nitrogens is 1. The van der Waals surface area contributed by atoms with E-state index < -0.39 is 5.97 Å². The molecule has 0 aliphatic rings. The van der Waals surface area contributed by atoms with Crippen molar-refractivity contribution in [2.45, 2.75) is 17.7 Å². The Kier molecular flexibility index (Phi) is 7.27. The molecule has 0 spiro atoms. The molecule has 0 saturated heterocycles. The summed E-state index contributed by atoms with van der Waals surface area (Å²) in [6.07, 6.45) is 1.77. The van der Waals surface area contributed by atoms with Gasteiger partial charge in [-0.2, -0.15) is 0 Å². The van der Waals surface area contributed by atoms with Crippen LogP contribution in [0.3, 0.4) is 0 Å². The second kappa shape index (κ2) is 10.1. The molecule has 1 heterocycles. The number of ether oxygens (including phenoxy) is 1. The fourth-order valence-electron chi connectivity index (χ4n) is 2.50. The molecule has 0 bridgehead atoms. The standard InChI is InChI=1S/C22H19ClN2O3S/c1-15(25-28-22(26)16-6-9-19(23)10-7-16)17-8-11-20(27-2)18(13-17)14-29-21-5-3-4-12-24-21/h3-13H,14H2,1-2H3. The summed E-state index contributed by atoms with van der Waals surface area (Å²) in [5.74, 6) is 0.926. The smallest absolute Gasteiger partial charge is 0.365 e. The summed E-state index contributed by atoms with van der Waals surface area (Å²) in [5.41, 5.74) is 2.80. The quantitative estimate of drug-likeness (QED) is 0.212. The molecule has 0 atom stereocenters. The van der Waals surface area contributed by atoms with Gasteiger partial charge in [-0.1, -0.05) is 22.8 Å². The normalized spacial score (nSPS) is 11.2. The second-order valence-electron chi connectivity index (χ2n) is 6.05. The van der Waals surface area contributed by atoms with Gasteiger partial charge >= 0.3 is 5.97 Å². The summed E-state index contributed by atoms with van der Waals surface area (Å²) < 4.78 is 5.46. The van der Waals surface area contributed by atoms with Crippen molar-refractivity contribution in [1.29, 1.82) is 0 Å². The molecule has 0 aliphatic carbocycles. The highest BCUT2D eigenvalue weighted by molar-refractivity contribution is 7.98. The molecule has 5 nitrogen and oxygen atoms in total. The fraction of sp³-hybridized carbons (Fsp3) is 0.136. The first-order chi connectivity index (χ1) is 14.1. The molecule has 0 unspecified atom stereocenters. The fourth-order valence-corrected chi connectivity index (χ4v) is 3.47. The minimum Gasteiger partial charge on any atom is -0.496 e. The van der Waals surface area contributed by atoms with Gasteiger partial charge in [-0.15, -0.1) is 11.8 Å². The molecule has 0 saturated carbocycles. The van der Waals surface area contributed by atoms with Crippen LogP contribution in [0.15, 0.2) is 77.0 Å². The molecule has 7 heteroatoms. The predicted molar refractivity (Wildman–Crippen MR) is 116 cm³/mol.